The Labute approximate surface area is 189 Å². The van der Waals surface area contributed by atoms with Crippen LogP contribution >= 0.6 is 11.6 Å². The van der Waals surface area contributed by atoms with E-state index in [0.717, 1.165) is 11.8 Å². The van der Waals surface area contributed by atoms with Gasteiger partial charge in [0, 0.05) is 17.3 Å². The van der Waals surface area contributed by atoms with Crippen molar-refractivity contribution in [3.05, 3.63) is 88.7 Å². The smallest absolute Gasteiger partial charge is 0.302 e. The number of rotatable bonds is 6. The van der Waals surface area contributed by atoms with Gasteiger partial charge in [-0.1, -0.05) is 35.9 Å². The fourth-order valence-electron chi connectivity index (χ4n) is 3.31. The van der Waals surface area contributed by atoms with E-state index in [-0.39, 0.29) is 23.1 Å². The van der Waals surface area contributed by atoms with Crippen LogP contribution in [0.4, 0.5) is 10.4 Å². The van der Waals surface area contributed by atoms with Gasteiger partial charge in [-0.2, -0.15) is 4.98 Å². The molecule has 0 radical (unpaired) electrons. The molecular weight excluding hydrogens is 455 g/mol. The van der Waals surface area contributed by atoms with Crippen LogP contribution in [0.5, 0.6) is 0 Å². The van der Waals surface area contributed by atoms with Crippen LogP contribution in [-0.2, 0) is 21.1 Å². The summed E-state index contributed by atoms with van der Waals surface area (Å²) in [5.74, 6) is -1.48. The average Bonchev–Trinajstić information content (AvgIpc) is 3.14. The van der Waals surface area contributed by atoms with Crippen molar-refractivity contribution in [2.45, 2.75) is 17.2 Å². The Hall–Kier alpha value is -3.23. The predicted molar refractivity (Wildman–Crippen MR) is 120 cm³/mol. The summed E-state index contributed by atoms with van der Waals surface area (Å²) in [4.78, 5) is 17.6. The topological polar surface area (TPSA) is 89.3 Å². The van der Waals surface area contributed by atoms with Crippen LogP contribution in [0.25, 0.3) is 11.1 Å². The number of nitrogens with zero attached hydrogens (tertiary/aromatic N) is 1. The molecule has 164 valence electrons. The lowest BCUT2D eigenvalue weighted by Crippen LogP contribution is -2.23. The molecule has 4 rings (SSSR count). The highest BCUT2D eigenvalue weighted by molar-refractivity contribution is 7.90. The molecule has 1 atom stereocenters. The van der Waals surface area contributed by atoms with Crippen LogP contribution in [0.2, 0.25) is 5.02 Å². The van der Waals surface area contributed by atoms with Crippen molar-refractivity contribution in [2.75, 3.05) is 11.6 Å². The summed E-state index contributed by atoms with van der Waals surface area (Å²) in [6, 6.07) is 16.9. The van der Waals surface area contributed by atoms with Gasteiger partial charge in [0.15, 0.2) is 15.4 Å². The highest BCUT2D eigenvalue weighted by Crippen LogP contribution is 2.27. The van der Waals surface area contributed by atoms with E-state index in [1.165, 1.54) is 24.3 Å². The van der Waals surface area contributed by atoms with E-state index in [0.29, 0.717) is 21.7 Å². The molecule has 1 N–H and O–H groups in total. The number of benzene rings is 3. The monoisotopic (exact) mass is 472 g/mol. The number of aromatic nitrogens is 1. The molecule has 1 amide bonds. The Morgan fingerprint density at radius 3 is 2.44 bits per heavy atom. The third-order valence-corrected chi connectivity index (χ3v) is 6.32. The fraction of sp³-hybridized carbons (Fsp3) is 0.130. The first-order chi connectivity index (χ1) is 15.2. The van der Waals surface area contributed by atoms with Crippen molar-refractivity contribution in [3.63, 3.8) is 0 Å². The van der Waals surface area contributed by atoms with Gasteiger partial charge in [0.05, 0.1) is 10.8 Å². The summed E-state index contributed by atoms with van der Waals surface area (Å²) in [5.41, 5.74) is 2.30. The second kappa shape index (κ2) is 8.72. The predicted octanol–water partition coefficient (Wildman–Crippen LogP) is 4.99. The maximum atomic E-state index is 13.3. The van der Waals surface area contributed by atoms with Crippen LogP contribution in [-0.4, -0.2) is 25.6 Å². The first-order valence-corrected chi connectivity index (χ1v) is 11.9. The molecule has 0 spiro atoms. The molecule has 1 aromatic heterocycles. The van der Waals surface area contributed by atoms with Crippen LogP contribution in [0, 0.1) is 5.82 Å². The Kier molecular flexibility index (Phi) is 5.99. The molecule has 9 heteroatoms. The lowest BCUT2D eigenvalue weighted by Gasteiger charge is -2.17. The van der Waals surface area contributed by atoms with Gasteiger partial charge in [-0.25, -0.2) is 12.8 Å². The van der Waals surface area contributed by atoms with Gasteiger partial charge in [0.1, 0.15) is 11.3 Å². The molecule has 4 aromatic rings. The zero-order valence-corrected chi connectivity index (χ0v) is 18.5. The number of hydrogen-bond acceptors (Lipinski definition) is 5. The van der Waals surface area contributed by atoms with Gasteiger partial charge >= 0.3 is 6.01 Å². The average molecular weight is 473 g/mol. The van der Waals surface area contributed by atoms with E-state index in [1.807, 2.05) is 0 Å². The number of nitrogens with one attached hydrogen (secondary N) is 1. The minimum absolute atomic E-state index is 0.0177. The fourth-order valence-corrected chi connectivity index (χ4v) is 4.10. The molecule has 6 nitrogen and oxygen atoms in total. The number of fused-ring (bicyclic) bond motifs is 1. The number of amides is 1. The van der Waals surface area contributed by atoms with Crippen molar-refractivity contribution in [2.24, 2.45) is 0 Å². The minimum atomic E-state index is -3.37. The molecule has 0 bridgehead atoms. The molecule has 0 fully saturated rings. The van der Waals surface area contributed by atoms with Crippen molar-refractivity contribution in [1.29, 1.82) is 0 Å². The highest BCUT2D eigenvalue weighted by Gasteiger charge is 2.24. The third-order valence-electron chi connectivity index (χ3n) is 4.96. The quantitative estimate of drug-likeness (QED) is 0.427. The second-order valence-electron chi connectivity index (χ2n) is 7.34. The second-order valence-corrected chi connectivity index (χ2v) is 9.80. The Morgan fingerprint density at radius 1 is 1.09 bits per heavy atom. The third kappa shape index (κ3) is 4.98. The van der Waals surface area contributed by atoms with E-state index in [1.54, 1.807) is 42.5 Å². The van der Waals surface area contributed by atoms with E-state index < -0.39 is 21.7 Å². The molecule has 1 unspecified atom stereocenters. The van der Waals surface area contributed by atoms with E-state index in [2.05, 4.69) is 10.3 Å². The van der Waals surface area contributed by atoms with Gasteiger partial charge in [0.25, 0.3) is 0 Å². The first-order valence-electron chi connectivity index (χ1n) is 9.60. The van der Waals surface area contributed by atoms with Crippen molar-refractivity contribution in [3.8, 4) is 0 Å². The van der Waals surface area contributed by atoms with E-state index >= 15 is 0 Å². The van der Waals surface area contributed by atoms with Crippen LogP contribution in [0.1, 0.15) is 17.0 Å². The Balaban J connectivity index is 1.65. The lowest BCUT2D eigenvalue weighted by molar-refractivity contribution is -0.117. The summed E-state index contributed by atoms with van der Waals surface area (Å²) in [5, 5.41) is 3.15. The number of carbonyl (C=O) groups excluding carboxylic acids is 1. The van der Waals surface area contributed by atoms with Gasteiger partial charge < -0.3 is 4.42 Å². The number of carbonyl (C=O) groups is 1. The lowest BCUT2D eigenvalue weighted by atomic mass is 9.91. The van der Waals surface area contributed by atoms with Gasteiger partial charge in [0.2, 0.25) is 5.91 Å². The summed E-state index contributed by atoms with van der Waals surface area (Å²) in [6.07, 6.45) is 1.38. The summed E-state index contributed by atoms with van der Waals surface area (Å²) >= 11 is 5.97. The number of halogens is 2. The first kappa shape index (κ1) is 22.0. The van der Waals surface area contributed by atoms with Gasteiger partial charge in [-0.15, -0.1) is 0 Å². The van der Waals surface area contributed by atoms with Crippen molar-refractivity contribution in [1.82, 2.24) is 4.98 Å². The Bertz CT molecular complexity index is 1380. The maximum absolute atomic E-state index is 13.3. The summed E-state index contributed by atoms with van der Waals surface area (Å²) in [6.45, 7) is 0. The molecule has 0 aliphatic heterocycles. The standard InChI is InChI=1S/C23H18ClFN2O4S/c1-32(29,30)18-9-4-15(5-10-18)19(12-14-2-7-17(25)8-3-14)22(28)27-23-26-20-11-6-16(24)13-21(20)31-23/h2-11,13,19H,12H2,1H3,(H,26,27,28). The van der Waals surface area contributed by atoms with Gasteiger partial charge in [-0.3, -0.25) is 10.1 Å². The molecule has 1 heterocycles. The van der Waals surface area contributed by atoms with Crippen molar-refractivity contribution < 1.29 is 22.0 Å². The molecule has 3 aromatic carbocycles. The highest BCUT2D eigenvalue weighted by atomic mass is 35.5. The number of hydrogen-bond donors (Lipinski definition) is 1. The van der Waals surface area contributed by atoms with E-state index in [4.69, 9.17) is 16.0 Å². The summed E-state index contributed by atoms with van der Waals surface area (Å²) in [7, 11) is -3.37. The van der Waals surface area contributed by atoms with Crippen LogP contribution in [0.15, 0.2) is 76.0 Å². The van der Waals surface area contributed by atoms with Crippen LogP contribution in [0.3, 0.4) is 0 Å². The molecular formula is C23H18ClFN2O4S. The number of anilines is 1. The molecule has 0 saturated carbocycles. The zero-order chi connectivity index (χ0) is 22.9. The molecule has 0 aliphatic rings. The summed E-state index contributed by atoms with van der Waals surface area (Å²) < 4.78 is 42.4. The van der Waals surface area contributed by atoms with Gasteiger partial charge in [-0.05, 0) is 53.9 Å². The largest absolute Gasteiger partial charge is 0.423 e. The minimum Gasteiger partial charge on any atom is -0.423 e. The maximum Gasteiger partial charge on any atom is 0.302 e. The normalized spacial score (nSPS) is 12.6. The molecule has 32 heavy (non-hydrogen) atoms. The van der Waals surface area contributed by atoms with E-state index in [9.17, 15) is 17.6 Å². The zero-order valence-electron chi connectivity index (χ0n) is 16.9. The van der Waals surface area contributed by atoms with Crippen LogP contribution < -0.4 is 5.32 Å². The molecule has 0 aliphatic carbocycles. The number of sulfone groups is 1. The van der Waals surface area contributed by atoms with Crippen molar-refractivity contribution >= 4 is 44.5 Å². The SMILES string of the molecule is CS(=O)(=O)c1ccc(C(Cc2ccc(F)cc2)C(=O)Nc2nc3ccc(Cl)cc3o2)cc1. The Morgan fingerprint density at radius 2 is 1.78 bits per heavy atom. The molecule has 0 saturated heterocycles. The number of oxazole rings is 1.